The average Bonchev–Trinajstić information content (AvgIpc) is 2.92. The first-order valence-corrected chi connectivity index (χ1v) is 9.09. The Bertz CT molecular complexity index is 738. The number of para-hydroxylation sites is 2. The van der Waals surface area contributed by atoms with Gasteiger partial charge in [0.15, 0.2) is 5.16 Å². The molecule has 0 N–H and O–H groups in total. The topological polar surface area (TPSA) is 53.4 Å². The molecule has 8 heteroatoms. The number of carbonyl (C=O) groups excluding carboxylic acids is 1. The van der Waals surface area contributed by atoms with Crippen molar-refractivity contribution in [2.45, 2.75) is 55.3 Å². The van der Waals surface area contributed by atoms with Gasteiger partial charge in [0.25, 0.3) is 5.76 Å². The van der Waals surface area contributed by atoms with Crippen LogP contribution < -0.4 is 0 Å². The van der Waals surface area contributed by atoms with E-state index in [2.05, 4.69) is 4.98 Å². The maximum atomic E-state index is 12.8. The molecule has 0 saturated heterocycles. The summed E-state index contributed by atoms with van der Waals surface area (Å²) in [6, 6.07) is 7.04. The highest BCUT2D eigenvalue weighted by Gasteiger charge is 2.29. The molecule has 2 aromatic rings. The van der Waals surface area contributed by atoms with Crippen LogP contribution in [0.15, 0.2) is 29.4 Å². The molecule has 0 bridgehead atoms. The van der Waals surface area contributed by atoms with Crippen molar-refractivity contribution in [3.63, 3.8) is 0 Å². The maximum Gasteiger partial charge on any atom is 0.326 e. The van der Waals surface area contributed by atoms with Gasteiger partial charge in [-0.2, -0.15) is 8.78 Å². The predicted molar refractivity (Wildman–Crippen MR) is 90.7 cm³/mol. The Labute approximate surface area is 148 Å². The van der Waals surface area contributed by atoms with Crippen molar-refractivity contribution in [2.24, 2.45) is 0 Å². The number of thioether (sulfide) groups is 1. The van der Waals surface area contributed by atoms with Crippen molar-refractivity contribution in [3.05, 3.63) is 24.3 Å². The first kappa shape index (κ1) is 18.1. The lowest BCUT2D eigenvalue weighted by Crippen LogP contribution is -2.36. The second-order valence-electron chi connectivity index (χ2n) is 5.93. The minimum atomic E-state index is -2.61. The molecule has 1 aromatic heterocycles. The number of carbonyl (C=O) groups is 1. The summed E-state index contributed by atoms with van der Waals surface area (Å²) in [7, 11) is 1.61. The zero-order chi connectivity index (χ0) is 17.8. The molecule has 1 heterocycles. The number of fused-ring (bicyclic) bond motifs is 1. The standard InChI is InChI=1S/C17H20F2N2O3S/c1-23-13-8-4-5-9-14(13)24-15(22)10-21-12-7-3-2-6-11(12)20-17(21)25-16(18)19/h2-3,6-7,13-14,16H,4-5,8-10H2,1H3. The lowest BCUT2D eigenvalue weighted by atomic mass is 9.94. The second kappa shape index (κ2) is 8.14. The van der Waals surface area contributed by atoms with Crippen LogP contribution in [0.4, 0.5) is 8.78 Å². The van der Waals surface area contributed by atoms with Crippen molar-refractivity contribution < 1.29 is 23.0 Å². The van der Waals surface area contributed by atoms with Gasteiger partial charge in [-0.15, -0.1) is 0 Å². The van der Waals surface area contributed by atoms with Crippen LogP contribution >= 0.6 is 11.8 Å². The third-order valence-electron chi connectivity index (χ3n) is 4.33. The van der Waals surface area contributed by atoms with E-state index < -0.39 is 11.7 Å². The Hall–Kier alpha value is -1.67. The molecule has 2 unspecified atom stereocenters. The van der Waals surface area contributed by atoms with Crippen LogP contribution in [0.5, 0.6) is 0 Å². The minimum Gasteiger partial charge on any atom is -0.458 e. The monoisotopic (exact) mass is 370 g/mol. The number of imidazole rings is 1. The number of nitrogens with zero attached hydrogens (tertiary/aromatic N) is 2. The van der Waals surface area contributed by atoms with Crippen LogP contribution in [0.25, 0.3) is 11.0 Å². The third kappa shape index (κ3) is 4.30. The zero-order valence-electron chi connectivity index (χ0n) is 13.9. The van der Waals surface area contributed by atoms with Crippen LogP contribution in [-0.2, 0) is 20.8 Å². The molecule has 0 spiro atoms. The predicted octanol–water partition coefficient (Wildman–Crippen LogP) is 3.85. The Morgan fingerprint density at radius 1 is 1.32 bits per heavy atom. The van der Waals surface area contributed by atoms with Gasteiger partial charge in [0, 0.05) is 7.11 Å². The molecule has 1 fully saturated rings. The van der Waals surface area contributed by atoms with Gasteiger partial charge in [-0.25, -0.2) is 4.98 Å². The molecule has 1 aromatic carbocycles. The molecule has 1 saturated carbocycles. The summed E-state index contributed by atoms with van der Waals surface area (Å²) >= 11 is 0.330. The van der Waals surface area contributed by atoms with Crippen LogP contribution in [0, 0.1) is 0 Å². The van der Waals surface area contributed by atoms with E-state index in [9.17, 15) is 13.6 Å². The number of ether oxygens (including phenoxy) is 2. The molecule has 25 heavy (non-hydrogen) atoms. The molecular weight excluding hydrogens is 350 g/mol. The number of benzene rings is 1. The molecule has 3 rings (SSSR count). The summed E-state index contributed by atoms with van der Waals surface area (Å²) in [6.07, 6.45) is 3.26. The van der Waals surface area contributed by atoms with Crippen LogP contribution in [0.2, 0.25) is 0 Å². The number of methoxy groups -OCH3 is 1. The van der Waals surface area contributed by atoms with E-state index in [1.54, 1.807) is 31.4 Å². The molecule has 2 atom stereocenters. The molecule has 1 aliphatic rings. The first-order valence-electron chi connectivity index (χ1n) is 8.21. The number of rotatable bonds is 6. The van der Waals surface area contributed by atoms with Gasteiger partial charge in [-0.05, 0) is 43.2 Å². The molecule has 0 amide bonds. The maximum absolute atomic E-state index is 12.8. The smallest absolute Gasteiger partial charge is 0.326 e. The quantitative estimate of drug-likeness (QED) is 0.571. The Kier molecular flexibility index (Phi) is 5.90. The Balaban J connectivity index is 1.78. The van der Waals surface area contributed by atoms with E-state index >= 15 is 0 Å². The fourth-order valence-electron chi connectivity index (χ4n) is 3.18. The lowest BCUT2D eigenvalue weighted by molar-refractivity contribution is -0.160. The molecule has 1 aliphatic carbocycles. The molecule has 0 radical (unpaired) electrons. The summed E-state index contributed by atoms with van der Waals surface area (Å²) in [5.41, 5.74) is 1.21. The molecule has 136 valence electrons. The van der Waals surface area contributed by atoms with Gasteiger partial charge in [-0.3, -0.25) is 4.79 Å². The summed E-state index contributed by atoms with van der Waals surface area (Å²) in [5, 5.41) is 0.111. The summed E-state index contributed by atoms with van der Waals surface area (Å²) < 4.78 is 38.1. The highest BCUT2D eigenvalue weighted by molar-refractivity contribution is 7.99. The number of hydrogen-bond acceptors (Lipinski definition) is 5. The molecular formula is C17H20F2N2O3S. The van der Waals surface area contributed by atoms with Gasteiger partial charge in [0.05, 0.1) is 17.1 Å². The number of esters is 1. The summed E-state index contributed by atoms with van der Waals surface area (Å²) in [4.78, 5) is 16.6. The molecule has 5 nitrogen and oxygen atoms in total. The minimum absolute atomic E-state index is 0.104. The van der Waals surface area contributed by atoms with Crippen molar-refractivity contribution in [1.82, 2.24) is 9.55 Å². The van der Waals surface area contributed by atoms with Crippen molar-refractivity contribution in [2.75, 3.05) is 7.11 Å². The van der Waals surface area contributed by atoms with Crippen LogP contribution in [-0.4, -0.2) is 40.6 Å². The Morgan fingerprint density at radius 3 is 2.76 bits per heavy atom. The van der Waals surface area contributed by atoms with Crippen molar-refractivity contribution in [3.8, 4) is 0 Å². The fourth-order valence-corrected chi connectivity index (χ4v) is 3.78. The Morgan fingerprint density at radius 2 is 2.04 bits per heavy atom. The number of aromatic nitrogens is 2. The second-order valence-corrected chi connectivity index (χ2v) is 6.89. The summed E-state index contributed by atoms with van der Waals surface area (Å²) in [5.74, 6) is -3.07. The lowest BCUT2D eigenvalue weighted by Gasteiger charge is -2.30. The molecule has 0 aliphatic heterocycles. The first-order chi connectivity index (χ1) is 12.1. The van der Waals surface area contributed by atoms with E-state index in [1.807, 2.05) is 0 Å². The van der Waals surface area contributed by atoms with Crippen LogP contribution in [0.1, 0.15) is 25.7 Å². The van der Waals surface area contributed by atoms with Gasteiger partial charge in [0.2, 0.25) is 0 Å². The van der Waals surface area contributed by atoms with E-state index in [0.717, 1.165) is 25.7 Å². The van der Waals surface area contributed by atoms with E-state index in [1.165, 1.54) is 4.57 Å². The van der Waals surface area contributed by atoms with Crippen LogP contribution in [0.3, 0.4) is 0 Å². The number of halogens is 2. The van der Waals surface area contributed by atoms with Crippen molar-refractivity contribution in [1.29, 1.82) is 0 Å². The zero-order valence-corrected chi connectivity index (χ0v) is 14.7. The highest BCUT2D eigenvalue weighted by Crippen LogP contribution is 2.29. The van der Waals surface area contributed by atoms with Gasteiger partial charge in [-0.1, -0.05) is 18.6 Å². The van der Waals surface area contributed by atoms with Gasteiger partial charge in [0.1, 0.15) is 12.6 Å². The third-order valence-corrected chi connectivity index (χ3v) is 5.03. The number of alkyl halides is 2. The summed E-state index contributed by atoms with van der Waals surface area (Å²) in [6.45, 7) is -0.150. The number of hydrogen-bond donors (Lipinski definition) is 0. The van der Waals surface area contributed by atoms with Crippen molar-refractivity contribution >= 4 is 28.8 Å². The highest BCUT2D eigenvalue weighted by atomic mass is 32.2. The largest absolute Gasteiger partial charge is 0.458 e. The van der Waals surface area contributed by atoms with Gasteiger partial charge < -0.3 is 14.0 Å². The van der Waals surface area contributed by atoms with Gasteiger partial charge >= 0.3 is 5.97 Å². The average molecular weight is 370 g/mol. The SMILES string of the molecule is COC1CCCCC1OC(=O)Cn1c(SC(F)F)nc2ccccc21. The van der Waals surface area contributed by atoms with E-state index in [0.29, 0.717) is 22.8 Å². The fraction of sp³-hybridized carbons (Fsp3) is 0.529. The normalized spacial score (nSPS) is 21.0. The van der Waals surface area contributed by atoms with E-state index in [-0.39, 0.29) is 23.9 Å². The van der Waals surface area contributed by atoms with E-state index in [4.69, 9.17) is 9.47 Å².